The minimum absolute atomic E-state index is 0.162. The summed E-state index contributed by atoms with van der Waals surface area (Å²) in [5.41, 5.74) is 10.5. The number of nitrogens with two attached hydrogens (primary N) is 2. The molecular formula is C22H24ClF3N6O3. The third kappa shape index (κ3) is 7.23. The molecule has 2 aromatic rings. The van der Waals surface area contributed by atoms with Gasteiger partial charge in [-0.15, -0.1) is 0 Å². The number of benzene rings is 2. The zero-order valence-electron chi connectivity index (χ0n) is 18.4. The minimum atomic E-state index is -4.70. The van der Waals surface area contributed by atoms with Crippen LogP contribution in [0, 0.1) is 0 Å². The fraction of sp³-hybridized carbons (Fsp3) is 0.318. The van der Waals surface area contributed by atoms with Gasteiger partial charge in [0.25, 0.3) is 5.91 Å². The summed E-state index contributed by atoms with van der Waals surface area (Å²) < 4.78 is 39.1. The van der Waals surface area contributed by atoms with E-state index in [0.29, 0.717) is 42.4 Å². The van der Waals surface area contributed by atoms with Crippen molar-refractivity contribution in [3.8, 4) is 0 Å². The van der Waals surface area contributed by atoms with E-state index in [0.717, 1.165) is 18.2 Å². The van der Waals surface area contributed by atoms with Gasteiger partial charge in [0.2, 0.25) is 5.91 Å². The van der Waals surface area contributed by atoms with E-state index in [4.69, 9.17) is 23.1 Å². The normalized spacial score (nSPS) is 16.1. The highest BCUT2D eigenvalue weighted by Gasteiger charge is 2.32. The number of likely N-dealkylation sites (tertiary alicyclic amines) is 1. The van der Waals surface area contributed by atoms with Gasteiger partial charge in [0, 0.05) is 25.7 Å². The van der Waals surface area contributed by atoms with Crippen LogP contribution >= 0.6 is 11.6 Å². The van der Waals surface area contributed by atoms with Gasteiger partial charge in [-0.05, 0) is 42.3 Å². The van der Waals surface area contributed by atoms with Crippen molar-refractivity contribution in [1.29, 1.82) is 0 Å². The molecule has 1 fully saturated rings. The lowest BCUT2D eigenvalue weighted by Gasteiger charge is -2.17. The van der Waals surface area contributed by atoms with Gasteiger partial charge in [0.05, 0.1) is 34.1 Å². The number of anilines is 2. The molecule has 2 aromatic carbocycles. The topological polar surface area (TPSA) is 143 Å². The lowest BCUT2D eigenvalue weighted by atomic mass is 10.1. The Morgan fingerprint density at radius 1 is 1.14 bits per heavy atom. The number of nitrogen functional groups attached to an aromatic ring is 1. The molecule has 1 atom stereocenters. The van der Waals surface area contributed by atoms with E-state index in [2.05, 4.69) is 20.9 Å². The molecule has 13 heteroatoms. The second-order valence-corrected chi connectivity index (χ2v) is 8.48. The maximum absolute atomic E-state index is 13.0. The van der Waals surface area contributed by atoms with Crippen LogP contribution in [-0.4, -0.2) is 48.4 Å². The van der Waals surface area contributed by atoms with E-state index in [1.54, 1.807) is 12.1 Å². The van der Waals surface area contributed by atoms with Crippen molar-refractivity contribution in [2.24, 2.45) is 5.73 Å². The Morgan fingerprint density at radius 2 is 1.89 bits per heavy atom. The molecule has 0 saturated carbocycles. The number of rotatable bonds is 7. The second-order valence-electron chi connectivity index (χ2n) is 8.07. The Kier molecular flexibility index (Phi) is 8.07. The molecule has 1 heterocycles. The van der Waals surface area contributed by atoms with Crippen LogP contribution in [0.2, 0.25) is 5.02 Å². The van der Waals surface area contributed by atoms with Crippen LogP contribution in [0.5, 0.6) is 0 Å². The summed E-state index contributed by atoms with van der Waals surface area (Å²) in [6, 6.07) is 6.38. The summed E-state index contributed by atoms with van der Waals surface area (Å²) in [7, 11) is 0. The molecule has 1 saturated heterocycles. The number of primary amides is 1. The van der Waals surface area contributed by atoms with Crippen molar-refractivity contribution in [3.63, 3.8) is 0 Å². The fourth-order valence-electron chi connectivity index (χ4n) is 3.73. The molecule has 0 radical (unpaired) electrons. The molecule has 0 bridgehead atoms. The lowest BCUT2D eigenvalue weighted by molar-refractivity contribution is -0.137. The molecule has 7 N–H and O–H groups in total. The third-order valence-electron chi connectivity index (χ3n) is 5.36. The summed E-state index contributed by atoms with van der Waals surface area (Å²) in [4.78, 5) is 38.1. The van der Waals surface area contributed by atoms with Crippen molar-refractivity contribution in [3.05, 3.63) is 58.1 Å². The molecule has 0 unspecified atom stereocenters. The number of urea groups is 1. The summed E-state index contributed by atoms with van der Waals surface area (Å²) in [6.45, 7) is 1.46. The van der Waals surface area contributed by atoms with Gasteiger partial charge in [-0.1, -0.05) is 17.7 Å². The Morgan fingerprint density at radius 3 is 2.54 bits per heavy atom. The number of carbonyl (C=O) groups excluding carboxylic acids is 3. The van der Waals surface area contributed by atoms with Crippen LogP contribution < -0.4 is 27.4 Å². The highest BCUT2D eigenvalue weighted by atomic mass is 35.5. The Bertz CT molecular complexity index is 1130. The molecule has 1 aliphatic heterocycles. The first-order chi connectivity index (χ1) is 16.4. The van der Waals surface area contributed by atoms with Crippen LogP contribution in [-0.2, 0) is 17.5 Å². The van der Waals surface area contributed by atoms with Crippen LogP contribution in [0.4, 0.5) is 29.3 Å². The van der Waals surface area contributed by atoms with Crippen LogP contribution in [0.15, 0.2) is 36.4 Å². The second kappa shape index (κ2) is 10.8. The minimum Gasteiger partial charge on any atom is -0.398 e. The zero-order valence-corrected chi connectivity index (χ0v) is 19.2. The van der Waals surface area contributed by atoms with Gasteiger partial charge in [-0.25, -0.2) is 4.79 Å². The SMILES string of the molecule is NC(=O)Nc1ccc(C(F)(F)F)cc1C(=O)NCC(=O)N[C@@H]1CCN(Cc2ccc(Cl)c(N)c2)C1. The largest absolute Gasteiger partial charge is 0.416 e. The Labute approximate surface area is 204 Å². The number of nitrogens with one attached hydrogen (secondary N) is 3. The number of hydrogen-bond donors (Lipinski definition) is 5. The first-order valence-corrected chi connectivity index (χ1v) is 10.9. The summed E-state index contributed by atoms with van der Waals surface area (Å²) in [5.74, 6) is -1.47. The van der Waals surface area contributed by atoms with Gasteiger partial charge in [0.1, 0.15) is 0 Å². The van der Waals surface area contributed by atoms with E-state index < -0.39 is 41.7 Å². The number of halogens is 4. The van der Waals surface area contributed by atoms with Gasteiger partial charge in [-0.2, -0.15) is 13.2 Å². The highest BCUT2D eigenvalue weighted by Crippen LogP contribution is 2.32. The third-order valence-corrected chi connectivity index (χ3v) is 5.71. The van der Waals surface area contributed by atoms with E-state index in [1.807, 2.05) is 6.07 Å². The molecule has 188 valence electrons. The molecule has 9 nitrogen and oxygen atoms in total. The summed E-state index contributed by atoms with van der Waals surface area (Å²) in [5, 5.41) is 7.65. The van der Waals surface area contributed by atoms with Crippen molar-refractivity contribution in [2.75, 3.05) is 30.7 Å². The maximum atomic E-state index is 13.0. The molecule has 0 spiro atoms. The van der Waals surface area contributed by atoms with Gasteiger partial charge >= 0.3 is 12.2 Å². The average Bonchev–Trinajstić information content (AvgIpc) is 3.20. The van der Waals surface area contributed by atoms with Crippen molar-refractivity contribution < 1.29 is 27.6 Å². The van der Waals surface area contributed by atoms with E-state index >= 15 is 0 Å². The fourth-order valence-corrected chi connectivity index (χ4v) is 3.85. The van der Waals surface area contributed by atoms with Gasteiger partial charge in [0.15, 0.2) is 0 Å². The molecular weight excluding hydrogens is 489 g/mol. The number of hydrogen-bond acceptors (Lipinski definition) is 5. The first kappa shape index (κ1) is 26.1. The zero-order chi connectivity index (χ0) is 25.8. The predicted molar refractivity (Wildman–Crippen MR) is 125 cm³/mol. The molecule has 3 rings (SSSR count). The van der Waals surface area contributed by atoms with Gasteiger partial charge < -0.3 is 27.4 Å². The standard InChI is InChI=1S/C22H24ClF3N6O3/c23-16-3-1-12(7-17(16)27)10-32-6-5-14(11-32)30-19(33)9-29-20(34)15-8-13(22(24,25)26)2-4-18(15)31-21(28)35/h1-4,7-8,14H,5-6,9-11,27H2,(H,29,34)(H,30,33)(H3,28,31,35)/t14-/m1/s1. The Balaban J connectivity index is 1.54. The van der Waals surface area contributed by atoms with Crippen molar-refractivity contribution >= 4 is 40.8 Å². The Hall–Kier alpha value is -3.51. The molecule has 4 amide bonds. The summed E-state index contributed by atoms with van der Waals surface area (Å²) in [6.07, 6.45) is -4.02. The number of amides is 4. The number of alkyl halides is 3. The monoisotopic (exact) mass is 512 g/mol. The van der Waals surface area contributed by atoms with Gasteiger partial charge in [-0.3, -0.25) is 14.5 Å². The first-order valence-electron chi connectivity index (χ1n) is 10.5. The number of nitrogens with zero attached hydrogens (tertiary/aromatic N) is 1. The van der Waals surface area contributed by atoms with Crippen LogP contribution in [0.1, 0.15) is 27.9 Å². The van der Waals surface area contributed by atoms with Crippen molar-refractivity contribution in [1.82, 2.24) is 15.5 Å². The van der Waals surface area contributed by atoms with Crippen molar-refractivity contribution in [2.45, 2.75) is 25.2 Å². The van der Waals surface area contributed by atoms with Crippen LogP contribution in [0.25, 0.3) is 0 Å². The average molecular weight is 513 g/mol. The predicted octanol–water partition coefficient (Wildman–Crippen LogP) is 2.55. The molecule has 0 aromatic heterocycles. The highest BCUT2D eigenvalue weighted by molar-refractivity contribution is 6.33. The quantitative estimate of drug-likeness (QED) is 0.362. The maximum Gasteiger partial charge on any atom is 0.416 e. The van der Waals surface area contributed by atoms with E-state index in [1.165, 1.54) is 0 Å². The molecule has 0 aliphatic carbocycles. The molecule has 1 aliphatic rings. The van der Waals surface area contributed by atoms with E-state index in [-0.39, 0.29) is 11.7 Å². The molecule has 35 heavy (non-hydrogen) atoms. The smallest absolute Gasteiger partial charge is 0.398 e. The van der Waals surface area contributed by atoms with Crippen LogP contribution in [0.3, 0.4) is 0 Å². The lowest BCUT2D eigenvalue weighted by Crippen LogP contribution is -2.43. The number of carbonyl (C=O) groups is 3. The summed E-state index contributed by atoms with van der Waals surface area (Å²) >= 11 is 5.94. The van der Waals surface area contributed by atoms with E-state index in [9.17, 15) is 27.6 Å².